The lowest BCUT2D eigenvalue weighted by atomic mass is 10.3. The minimum atomic E-state index is -0.325. The zero-order chi connectivity index (χ0) is 13.7. The third-order valence-corrected chi connectivity index (χ3v) is 2.78. The first kappa shape index (κ1) is 13.6. The van der Waals surface area contributed by atoms with E-state index in [0.717, 1.165) is 19.3 Å². The van der Waals surface area contributed by atoms with Gasteiger partial charge in [-0.05, 0) is 26.2 Å². The molecule has 1 aromatic heterocycles. The molecule has 1 amide bonds. The number of rotatable bonds is 7. The van der Waals surface area contributed by atoms with Gasteiger partial charge in [0.2, 0.25) is 11.8 Å². The summed E-state index contributed by atoms with van der Waals surface area (Å²) in [6, 6.07) is 1.75. The van der Waals surface area contributed by atoms with Gasteiger partial charge in [0, 0.05) is 12.1 Å². The number of anilines is 1. The number of nitrogens with one attached hydrogen (secondary N) is 2. The van der Waals surface area contributed by atoms with Gasteiger partial charge in [-0.3, -0.25) is 4.79 Å². The van der Waals surface area contributed by atoms with Gasteiger partial charge in [0.15, 0.2) is 0 Å². The third kappa shape index (κ3) is 4.39. The number of nitrogens with zero attached hydrogens (tertiary/aromatic N) is 2. The molecule has 1 aromatic rings. The molecule has 0 spiro atoms. The van der Waals surface area contributed by atoms with Crippen LogP contribution in [-0.4, -0.2) is 34.6 Å². The lowest BCUT2D eigenvalue weighted by molar-refractivity contribution is -0.121. The topological polar surface area (TPSA) is 76.1 Å². The molecule has 0 aromatic carbocycles. The van der Waals surface area contributed by atoms with Crippen molar-refractivity contribution in [2.75, 3.05) is 11.9 Å². The zero-order valence-electron chi connectivity index (χ0n) is 11.3. The van der Waals surface area contributed by atoms with Gasteiger partial charge in [-0.2, -0.15) is 0 Å². The molecule has 104 valence electrons. The number of hydrogen-bond donors (Lipinski definition) is 2. The lowest BCUT2D eigenvalue weighted by Gasteiger charge is -2.14. The molecule has 1 atom stereocenters. The Balaban J connectivity index is 1.87. The average molecular weight is 264 g/mol. The van der Waals surface area contributed by atoms with E-state index in [1.54, 1.807) is 6.07 Å². The number of carbonyl (C=O) groups excluding carboxylic acids is 1. The molecule has 0 aliphatic heterocycles. The molecule has 0 saturated heterocycles. The van der Waals surface area contributed by atoms with Crippen LogP contribution in [-0.2, 0) is 4.79 Å². The van der Waals surface area contributed by atoms with E-state index in [-0.39, 0.29) is 11.9 Å². The van der Waals surface area contributed by atoms with E-state index in [1.165, 1.54) is 6.33 Å². The summed E-state index contributed by atoms with van der Waals surface area (Å²) in [4.78, 5) is 19.9. The molecule has 2 N–H and O–H groups in total. The number of amides is 1. The maximum absolute atomic E-state index is 11.8. The fourth-order valence-corrected chi connectivity index (χ4v) is 1.55. The van der Waals surface area contributed by atoms with Crippen molar-refractivity contribution in [3.8, 4) is 5.88 Å². The van der Waals surface area contributed by atoms with Crippen molar-refractivity contribution in [2.45, 2.75) is 45.2 Å². The normalized spacial score (nSPS) is 15.7. The monoisotopic (exact) mass is 264 g/mol. The molecule has 0 bridgehead atoms. The molecule has 1 aliphatic carbocycles. The van der Waals surface area contributed by atoms with E-state index in [2.05, 4.69) is 20.6 Å². The second kappa shape index (κ2) is 6.36. The summed E-state index contributed by atoms with van der Waals surface area (Å²) in [6.07, 6.45) is 4.52. The molecule has 6 heteroatoms. The molecule has 1 saturated carbocycles. The highest BCUT2D eigenvalue weighted by molar-refractivity contribution is 5.84. The van der Waals surface area contributed by atoms with Crippen molar-refractivity contribution in [2.24, 2.45) is 0 Å². The standard InChI is InChI=1S/C13H20N4O2/c1-3-6-19-12-7-11(14-8-15-12)16-9(2)13(18)17-10-4-5-10/h7-10H,3-6H2,1-2H3,(H,17,18)(H,14,15,16). The van der Waals surface area contributed by atoms with Gasteiger partial charge in [0.05, 0.1) is 6.61 Å². The van der Waals surface area contributed by atoms with Crippen molar-refractivity contribution in [3.63, 3.8) is 0 Å². The summed E-state index contributed by atoms with van der Waals surface area (Å²) in [5.41, 5.74) is 0. The highest BCUT2D eigenvalue weighted by Crippen LogP contribution is 2.19. The Labute approximate surface area is 113 Å². The van der Waals surface area contributed by atoms with Crippen LogP contribution in [0.15, 0.2) is 12.4 Å². The lowest BCUT2D eigenvalue weighted by Crippen LogP contribution is -2.38. The molecule has 19 heavy (non-hydrogen) atoms. The molecule has 2 rings (SSSR count). The molecule has 1 fully saturated rings. The maximum Gasteiger partial charge on any atom is 0.242 e. The quantitative estimate of drug-likeness (QED) is 0.777. The van der Waals surface area contributed by atoms with Crippen LogP contribution in [0.5, 0.6) is 5.88 Å². The molecule has 1 unspecified atom stereocenters. The highest BCUT2D eigenvalue weighted by Gasteiger charge is 2.25. The van der Waals surface area contributed by atoms with Gasteiger partial charge >= 0.3 is 0 Å². The van der Waals surface area contributed by atoms with Crippen LogP contribution in [0.2, 0.25) is 0 Å². The molecular formula is C13H20N4O2. The van der Waals surface area contributed by atoms with Gasteiger partial charge in [-0.15, -0.1) is 0 Å². The minimum absolute atomic E-state index is 0.00265. The Bertz CT molecular complexity index is 434. The third-order valence-electron chi connectivity index (χ3n) is 2.78. The van der Waals surface area contributed by atoms with Crippen LogP contribution in [0.25, 0.3) is 0 Å². The second-order valence-corrected chi connectivity index (χ2v) is 4.74. The summed E-state index contributed by atoms with van der Waals surface area (Å²) < 4.78 is 5.42. The van der Waals surface area contributed by atoms with Crippen LogP contribution in [0.4, 0.5) is 5.82 Å². The van der Waals surface area contributed by atoms with Gasteiger partial charge in [-0.25, -0.2) is 9.97 Å². The van der Waals surface area contributed by atoms with Crippen molar-refractivity contribution in [1.82, 2.24) is 15.3 Å². The Morgan fingerprint density at radius 2 is 2.32 bits per heavy atom. The van der Waals surface area contributed by atoms with Crippen molar-refractivity contribution in [1.29, 1.82) is 0 Å². The van der Waals surface area contributed by atoms with Crippen LogP contribution in [0.3, 0.4) is 0 Å². The predicted octanol–water partition coefficient (Wildman–Crippen LogP) is 1.34. The SMILES string of the molecule is CCCOc1cc(NC(C)C(=O)NC2CC2)ncn1. The minimum Gasteiger partial charge on any atom is -0.478 e. The molecule has 6 nitrogen and oxygen atoms in total. The van der Waals surface area contributed by atoms with Crippen molar-refractivity contribution >= 4 is 11.7 Å². The van der Waals surface area contributed by atoms with E-state index in [0.29, 0.717) is 24.3 Å². The summed E-state index contributed by atoms with van der Waals surface area (Å²) >= 11 is 0. The summed E-state index contributed by atoms with van der Waals surface area (Å²) in [7, 11) is 0. The first-order valence-electron chi connectivity index (χ1n) is 6.70. The Morgan fingerprint density at radius 1 is 1.53 bits per heavy atom. The van der Waals surface area contributed by atoms with Crippen LogP contribution >= 0.6 is 0 Å². The second-order valence-electron chi connectivity index (χ2n) is 4.74. The van der Waals surface area contributed by atoms with Gasteiger partial charge in [0.25, 0.3) is 0 Å². The molecule has 0 radical (unpaired) electrons. The van der Waals surface area contributed by atoms with E-state index in [9.17, 15) is 4.79 Å². The van der Waals surface area contributed by atoms with E-state index < -0.39 is 0 Å². The number of aromatic nitrogens is 2. The summed E-state index contributed by atoms with van der Waals surface area (Å²) in [6.45, 7) is 4.46. The van der Waals surface area contributed by atoms with E-state index >= 15 is 0 Å². The van der Waals surface area contributed by atoms with E-state index in [1.807, 2.05) is 13.8 Å². The zero-order valence-corrected chi connectivity index (χ0v) is 11.3. The van der Waals surface area contributed by atoms with E-state index in [4.69, 9.17) is 4.74 Å². The summed E-state index contributed by atoms with van der Waals surface area (Å²) in [5, 5.41) is 6.00. The average Bonchev–Trinajstić information content (AvgIpc) is 3.20. The first-order chi connectivity index (χ1) is 9.19. The van der Waals surface area contributed by atoms with Gasteiger partial charge in [-0.1, -0.05) is 6.92 Å². The van der Waals surface area contributed by atoms with Crippen LogP contribution in [0, 0.1) is 0 Å². The predicted molar refractivity (Wildman–Crippen MR) is 72.1 cm³/mol. The summed E-state index contributed by atoms with van der Waals surface area (Å²) in [5.74, 6) is 1.12. The fraction of sp³-hybridized carbons (Fsp3) is 0.615. The maximum atomic E-state index is 11.8. The highest BCUT2D eigenvalue weighted by atomic mass is 16.5. The molecule has 1 aliphatic rings. The van der Waals surface area contributed by atoms with Crippen LogP contribution in [0.1, 0.15) is 33.1 Å². The first-order valence-corrected chi connectivity index (χ1v) is 6.70. The Kier molecular flexibility index (Phi) is 4.54. The number of hydrogen-bond acceptors (Lipinski definition) is 5. The van der Waals surface area contributed by atoms with Crippen molar-refractivity contribution < 1.29 is 9.53 Å². The number of carbonyl (C=O) groups is 1. The van der Waals surface area contributed by atoms with Gasteiger partial charge in [0.1, 0.15) is 18.2 Å². The van der Waals surface area contributed by atoms with Crippen LogP contribution < -0.4 is 15.4 Å². The smallest absolute Gasteiger partial charge is 0.242 e. The molecular weight excluding hydrogens is 244 g/mol. The Hall–Kier alpha value is -1.85. The molecule has 1 heterocycles. The fourth-order valence-electron chi connectivity index (χ4n) is 1.55. The van der Waals surface area contributed by atoms with Gasteiger partial charge < -0.3 is 15.4 Å². The van der Waals surface area contributed by atoms with Crippen molar-refractivity contribution in [3.05, 3.63) is 12.4 Å². The Morgan fingerprint density at radius 3 is 3.00 bits per heavy atom. The number of ether oxygens (including phenoxy) is 1. The largest absolute Gasteiger partial charge is 0.478 e.